The summed E-state index contributed by atoms with van der Waals surface area (Å²) in [5, 5.41) is 4.72. The fourth-order valence-corrected chi connectivity index (χ4v) is 4.87. The normalized spacial score (nSPS) is 21.2. The van der Waals surface area contributed by atoms with Crippen LogP contribution in [-0.4, -0.2) is 39.1 Å². The minimum Gasteiger partial charge on any atom is -0.348 e. The molecule has 0 aromatic carbocycles. The quantitative estimate of drug-likeness (QED) is 0.858. The summed E-state index contributed by atoms with van der Waals surface area (Å²) in [6, 6.07) is 0.454. The van der Waals surface area contributed by atoms with E-state index in [4.69, 9.17) is 0 Å². The Morgan fingerprint density at radius 3 is 2.50 bits per heavy atom. The summed E-state index contributed by atoms with van der Waals surface area (Å²) in [5.41, 5.74) is 0.968. The van der Waals surface area contributed by atoms with E-state index in [-0.39, 0.29) is 11.1 Å². The van der Waals surface area contributed by atoms with Crippen LogP contribution < -0.4 is 10.2 Å². The van der Waals surface area contributed by atoms with E-state index >= 15 is 0 Å². The third kappa shape index (κ3) is 3.26. The number of nitrogens with zero attached hydrogens (tertiary/aromatic N) is 4. The second kappa shape index (κ2) is 5.39. The number of rotatable bonds is 2. The Hall–Kier alpha value is -0.790. The van der Waals surface area contributed by atoms with Crippen molar-refractivity contribution >= 4 is 42.9 Å². The maximum atomic E-state index is 4.65. The highest BCUT2D eigenvalue weighted by Gasteiger charge is 2.39. The summed E-state index contributed by atoms with van der Waals surface area (Å²) >= 11 is 4.97. The molecule has 1 aliphatic heterocycles. The van der Waals surface area contributed by atoms with E-state index < -0.39 is 0 Å². The van der Waals surface area contributed by atoms with Gasteiger partial charge >= 0.3 is 0 Å². The largest absolute Gasteiger partial charge is 0.348 e. The van der Waals surface area contributed by atoms with Crippen LogP contribution >= 0.6 is 27.3 Å². The number of fused-ring (bicyclic) bond motifs is 1. The first-order chi connectivity index (χ1) is 10.2. The van der Waals surface area contributed by atoms with Crippen LogP contribution in [0.1, 0.15) is 40.5 Å². The number of piperidine rings is 1. The molecule has 7 heteroatoms. The van der Waals surface area contributed by atoms with Crippen molar-refractivity contribution in [3.63, 3.8) is 0 Å². The van der Waals surface area contributed by atoms with Crippen LogP contribution in [0.5, 0.6) is 0 Å². The Labute approximate surface area is 143 Å². The van der Waals surface area contributed by atoms with Crippen molar-refractivity contribution in [3.05, 3.63) is 10.8 Å². The van der Waals surface area contributed by atoms with Crippen LogP contribution in [0, 0.1) is 0 Å². The van der Waals surface area contributed by atoms with Gasteiger partial charge in [-0.25, -0.2) is 9.97 Å². The van der Waals surface area contributed by atoms with Gasteiger partial charge in [0.1, 0.15) is 4.60 Å². The average Bonchev–Trinajstić information content (AvgIpc) is 2.76. The number of halogens is 1. The number of hydrogen-bond donors (Lipinski definition) is 1. The minimum atomic E-state index is 0.122. The third-order valence-corrected chi connectivity index (χ3v) is 5.51. The fraction of sp³-hybridized carbons (Fsp3) is 0.667. The van der Waals surface area contributed by atoms with Gasteiger partial charge in [-0.3, -0.25) is 0 Å². The molecule has 0 radical (unpaired) electrons. The van der Waals surface area contributed by atoms with Gasteiger partial charge < -0.3 is 10.2 Å². The summed E-state index contributed by atoms with van der Waals surface area (Å²) < 4.78 is 0.752. The van der Waals surface area contributed by atoms with Crippen LogP contribution in [0.4, 0.5) is 5.13 Å². The van der Waals surface area contributed by atoms with E-state index in [1.165, 1.54) is 0 Å². The molecule has 1 saturated heterocycles. The van der Waals surface area contributed by atoms with Crippen molar-refractivity contribution in [2.45, 2.75) is 57.7 Å². The molecular weight excluding hydrogens is 362 g/mol. The van der Waals surface area contributed by atoms with Crippen molar-refractivity contribution in [3.8, 4) is 0 Å². The smallest absolute Gasteiger partial charge is 0.191 e. The first-order valence-corrected chi connectivity index (χ1v) is 9.07. The lowest BCUT2D eigenvalue weighted by atomic mass is 9.79. The van der Waals surface area contributed by atoms with Crippen molar-refractivity contribution in [2.75, 3.05) is 11.9 Å². The van der Waals surface area contributed by atoms with E-state index in [0.29, 0.717) is 6.04 Å². The molecule has 22 heavy (non-hydrogen) atoms. The molecule has 2 aromatic rings. The molecule has 0 unspecified atom stereocenters. The molecular formula is C15H22BrN5S. The van der Waals surface area contributed by atoms with Crippen molar-refractivity contribution in [2.24, 2.45) is 0 Å². The molecule has 0 amide bonds. The molecule has 0 spiro atoms. The van der Waals surface area contributed by atoms with Crippen LogP contribution in [0.3, 0.4) is 0 Å². The molecule has 3 rings (SSSR count). The second-order valence-electron chi connectivity index (χ2n) is 7.38. The molecule has 0 aliphatic carbocycles. The lowest BCUT2D eigenvalue weighted by molar-refractivity contribution is 0.161. The number of hydrogen-bond acceptors (Lipinski definition) is 6. The van der Waals surface area contributed by atoms with Crippen molar-refractivity contribution < 1.29 is 0 Å². The molecule has 0 atom stereocenters. The second-order valence-corrected chi connectivity index (χ2v) is 9.15. The van der Waals surface area contributed by atoms with Crippen LogP contribution in [-0.2, 0) is 0 Å². The summed E-state index contributed by atoms with van der Waals surface area (Å²) in [6.07, 6.45) is 3.88. The SMILES string of the molecule is CN(c1nc2ncc(Br)nc2s1)C1CC(C)(C)NC(C)(C)C1. The van der Waals surface area contributed by atoms with Crippen molar-refractivity contribution in [1.29, 1.82) is 0 Å². The van der Waals surface area contributed by atoms with Gasteiger partial charge in [-0.2, -0.15) is 4.98 Å². The Bertz CT molecular complexity index is 680. The van der Waals surface area contributed by atoms with E-state index in [1.807, 2.05) is 0 Å². The van der Waals surface area contributed by atoms with Gasteiger partial charge in [0.05, 0.1) is 6.20 Å². The number of nitrogens with one attached hydrogen (secondary N) is 1. The predicted octanol–water partition coefficient (Wildman–Crippen LogP) is 3.59. The summed E-state index contributed by atoms with van der Waals surface area (Å²) in [4.78, 5) is 16.6. The Morgan fingerprint density at radius 1 is 1.23 bits per heavy atom. The standard InChI is InChI=1S/C15H22BrN5S/c1-14(2)6-9(7-15(3,4)20-14)21(5)13-19-11-12(22-13)18-10(16)8-17-11/h8-9,20H,6-7H2,1-5H3. The van der Waals surface area contributed by atoms with E-state index in [2.05, 4.69) is 75.8 Å². The molecule has 1 fully saturated rings. The lowest BCUT2D eigenvalue weighted by Gasteiger charge is -2.48. The monoisotopic (exact) mass is 383 g/mol. The van der Waals surface area contributed by atoms with Gasteiger partial charge in [0, 0.05) is 24.2 Å². The first kappa shape index (κ1) is 16.1. The molecule has 5 nitrogen and oxygen atoms in total. The number of anilines is 1. The molecule has 2 aromatic heterocycles. The zero-order valence-corrected chi connectivity index (χ0v) is 16.0. The van der Waals surface area contributed by atoms with E-state index in [0.717, 1.165) is 33.1 Å². The summed E-state index contributed by atoms with van der Waals surface area (Å²) in [7, 11) is 2.13. The third-order valence-electron chi connectivity index (χ3n) is 4.10. The van der Waals surface area contributed by atoms with E-state index in [9.17, 15) is 0 Å². The highest BCUT2D eigenvalue weighted by Crippen LogP contribution is 2.35. The van der Waals surface area contributed by atoms with Gasteiger partial charge in [0.2, 0.25) is 0 Å². The van der Waals surface area contributed by atoms with Gasteiger partial charge in [-0.15, -0.1) is 0 Å². The Morgan fingerprint density at radius 2 is 1.86 bits per heavy atom. The highest BCUT2D eigenvalue weighted by atomic mass is 79.9. The molecule has 3 heterocycles. The molecule has 1 N–H and O–H groups in total. The molecule has 0 bridgehead atoms. The molecule has 0 saturated carbocycles. The van der Waals surface area contributed by atoms with Crippen LogP contribution in [0.2, 0.25) is 0 Å². The van der Waals surface area contributed by atoms with E-state index in [1.54, 1.807) is 17.5 Å². The summed E-state index contributed by atoms with van der Waals surface area (Å²) in [5.74, 6) is 0. The zero-order valence-electron chi connectivity index (χ0n) is 13.6. The number of thiazole rings is 1. The van der Waals surface area contributed by atoms with Gasteiger partial charge in [-0.1, -0.05) is 11.3 Å². The summed E-state index contributed by atoms with van der Waals surface area (Å²) in [6.45, 7) is 9.08. The predicted molar refractivity (Wildman–Crippen MR) is 95.6 cm³/mol. The number of aromatic nitrogens is 3. The van der Waals surface area contributed by atoms with Crippen molar-refractivity contribution in [1.82, 2.24) is 20.3 Å². The fourth-order valence-electron chi connectivity index (χ4n) is 3.54. The first-order valence-electron chi connectivity index (χ1n) is 7.46. The van der Waals surface area contributed by atoms with Gasteiger partial charge in [-0.05, 0) is 56.5 Å². The highest BCUT2D eigenvalue weighted by molar-refractivity contribution is 9.10. The van der Waals surface area contributed by atoms with Crippen LogP contribution in [0.25, 0.3) is 10.5 Å². The van der Waals surface area contributed by atoms with Crippen LogP contribution in [0.15, 0.2) is 10.8 Å². The maximum absolute atomic E-state index is 4.65. The van der Waals surface area contributed by atoms with Gasteiger partial charge in [0.15, 0.2) is 15.6 Å². The zero-order chi connectivity index (χ0) is 16.1. The minimum absolute atomic E-state index is 0.122. The maximum Gasteiger partial charge on any atom is 0.191 e. The molecule has 120 valence electrons. The topological polar surface area (TPSA) is 53.9 Å². The lowest BCUT2D eigenvalue weighted by Crippen LogP contribution is -2.61. The molecule has 1 aliphatic rings. The average molecular weight is 384 g/mol. The Kier molecular flexibility index (Phi) is 3.94. The van der Waals surface area contributed by atoms with Gasteiger partial charge in [0.25, 0.3) is 0 Å². The Balaban J connectivity index is 1.89.